The molecule has 6 nitrogen and oxygen atoms in total. The Balaban J connectivity index is 2.18. The summed E-state index contributed by atoms with van der Waals surface area (Å²) in [7, 11) is 0. The zero-order valence-corrected chi connectivity index (χ0v) is 10.4. The van der Waals surface area contributed by atoms with Crippen LogP contribution >= 0.6 is 0 Å². The van der Waals surface area contributed by atoms with Crippen LogP contribution in [0.2, 0.25) is 0 Å². The topological polar surface area (TPSA) is 93.5 Å². The molecule has 0 radical (unpaired) electrons. The molecule has 1 atom stereocenters. The van der Waals surface area contributed by atoms with Gasteiger partial charge in [0.25, 0.3) is 0 Å². The predicted molar refractivity (Wildman–Crippen MR) is 63.2 cm³/mol. The van der Waals surface area contributed by atoms with E-state index in [9.17, 15) is 9.59 Å². The van der Waals surface area contributed by atoms with Gasteiger partial charge in [0.1, 0.15) is 5.54 Å². The van der Waals surface area contributed by atoms with Gasteiger partial charge in [0, 0.05) is 25.6 Å². The Morgan fingerprint density at radius 1 is 1.35 bits per heavy atom. The molecule has 0 aromatic heterocycles. The van der Waals surface area contributed by atoms with Crippen molar-refractivity contribution in [1.82, 2.24) is 10.6 Å². The van der Waals surface area contributed by atoms with Gasteiger partial charge < -0.3 is 21.1 Å². The normalized spacial score (nSPS) is 23.8. The van der Waals surface area contributed by atoms with E-state index in [2.05, 4.69) is 10.6 Å². The van der Waals surface area contributed by atoms with Crippen LogP contribution in [0.4, 0.5) is 0 Å². The molecule has 17 heavy (non-hydrogen) atoms. The Bertz CT molecular complexity index is 286. The van der Waals surface area contributed by atoms with E-state index in [4.69, 9.17) is 10.5 Å². The lowest BCUT2D eigenvalue weighted by molar-refractivity contribution is -0.127. The first-order valence-electron chi connectivity index (χ1n) is 5.88. The predicted octanol–water partition coefficient (Wildman–Crippen LogP) is -1.01. The second-order valence-electron chi connectivity index (χ2n) is 4.66. The summed E-state index contributed by atoms with van der Waals surface area (Å²) in [6.45, 7) is 5.22. The van der Waals surface area contributed by atoms with Crippen LogP contribution in [0.5, 0.6) is 0 Å². The van der Waals surface area contributed by atoms with Crippen molar-refractivity contribution in [3.05, 3.63) is 0 Å². The summed E-state index contributed by atoms with van der Waals surface area (Å²) in [6.07, 6.45) is 0.539. The molecule has 1 heterocycles. The van der Waals surface area contributed by atoms with Gasteiger partial charge in [0.15, 0.2) is 0 Å². The molecular formula is C11H21N3O3. The van der Waals surface area contributed by atoms with Gasteiger partial charge in [0.05, 0.1) is 6.61 Å². The minimum absolute atomic E-state index is 0.0223. The number of ether oxygens (including phenoxy) is 1. The van der Waals surface area contributed by atoms with E-state index in [0.29, 0.717) is 26.1 Å². The fourth-order valence-electron chi connectivity index (χ4n) is 1.50. The molecule has 0 aromatic carbocycles. The minimum atomic E-state index is -0.901. The van der Waals surface area contributed by atoms with Gasteiger partial charge in [0.2, 0.25) is 11.8 Å². The number of nitrogens with one attached hydrogen (secondary N) is 2. The summed E-state index contributed by atoms with van der Waals surface area (Å²) >= 11 is 0. The van der Waals surface area contributed by atoms with Crippen molar-refractivity contribution in [2.24, 2.45) is 11.7 Å². The third kappa shape index (κ3) is 3.98. The van der Waals surface area contributed by atoms with Gasteiger partial charge >= 0.3 is 0 Å². The largest absolute Gasteiger partial charge is 0.379 e. The second-order valence-corrected chi connectivity index (χ2v) is 4.66. The highest BCUT2D eigenvalue weighted by Gasteiger charge is 2.37. The molecule has 0 spiro atoms. The number of amides is 2. The van der Waals surface area contributed by atoms with Gasteiger partial charge in [-0.15, -0.1) is 0 Å². The van der Waals surface area contributed by atoms with Crippen LogP contribution in [0.3, 0.4) is 0 Å². The molecule has 0 bridgehead atoms. The Morgan fingerprint density at radius 3 is 2.53 bits per heavy atom. The van der Waals surface area contributed by atoms with E-state index in [0.717, 1.165) is 0 Å². The van der Waals surface area contributed by atoms with Crippen LogP contribution in [0.15, 0.2) is 0 Å². The van der Waals surface area contributed by atoms with Crippen molar-refractivity contribution in [3.8, 4) is 0 Å². The Kier molecular flexibility index (Phi) is 4.89. The maximum Gasteiger partial charge on any atom is 0.242 e. The first-order chi connectivity index (χ1) is 7.96. The number of hydrogen-bond acceptors (Lipinski definition) is 4. The molecule has 4 N–H and O–H groups in total. The molecule has 1 saturated heterocycles. The summed E-state index contributed by atoms with van der Waals surface area (Å²) in [5, 5.41) is 5.42. The standard InChI is InChI=1S/C11H21N3O3/c1-8(2)9(15)13-4-5-14-10(16)11(12)3-6-17-7-11/h8H,3-7,12H2,1-2H3,(H,13,15)(H,14,16). The summed E-state index contributed by atoms with van der Waals surface area (Å²) in [6, 6.07) is 0. The van der Waals surface area contributed by atoms with Gasteiger partial charge in [-0.2, -0.15) is 0 Å². The van der Waals surface area contributed by atoms with E-state index in [-0.39, 0.29) is 24.3 Å². The number of hydrogen-bond donors (Lipinski definition) is 3. The molecule has 2 amide bonds. The third-order valence-corrected chi connectivity index (χ3v) is 2.74. The molecule has 1 aliphatic heterocycles. The van der Waals surface area contributed by atoms with Crippen LogP contribution in [-0.2, 0) is 14.3 Å². The van der Waals surface area contributed by atoms with Gasteiger partial charge in [-0.1, -0.05) is 13.8 Å². The fraction of sp³-hybridized carbons (Fsp3) is 0.818. The van der Waals surface area contributed by atoms with Crippen molar-refractivity contribution in [3.63, 3.8) is 0 Å². The van der Waals surface area contributed by atoms with Gasteiger partial charge in [-0.3, -0.25) is 9.59 Å². The molecule has 1 unspecified atom stereocenters. The molecule has 1 fully saturated rings. The van der Waals surface area contributed by atoms with Crippen LogP contribution < -0.4 is 16.4 Å². The highest BCUT2D eigenvalue weighted by molar-refractivity contribution is 5.86. The van der Waals surface area contributed by atoms with Crippen molar-refractivity contribution in [1.29, 1.82) is 0 Å². The highest BCUT2D eigenvalue weighted by atomic mass is 16.5. The second kappa shape index (κ2) is 5.97. The molecule has 6 heteroatoms. The van der Waals surface area contributed by atoms with Gasteiger partial charge in [-0.05, 0) is 6.42 Å². The monoisotopic (exact) mass is 243 g/mol. The Morgan fingerprint density at radius 2 is 2.00 bits per heavy atom. The summed E-state index contributed by atoms with van der Waals surface area (Å²) in [4.78, 5) is 23.0. The van der Waals surface area contributed by atoms with Crippen molar-refractivity contribution in [2.75, 3.05) is 26.3 Å². The third-order valence-electron chi connectivity index (χ3n) is 2.74. The number of carbonyl (C=O) groups is 2. The molecule has 0 aromatic rings. The average Bonchev–Trinajstić information content (AvgIpc) is 2.72. The molecular weight excluding hydrogens is 222 g/mol. The lowest BCUT2D eigenvalue weighted by Gasteiger charge is -2.20. The molecule has 0 saturated carbocycles. The summed E-state index contributed by atoms with van der Waals surface area (Å²) in [5.41, 5.74) is 4.97. The average molecular weight is 243 g/mol. The first-order valence-corrected chi connectivity index (χ1v) is 5.88. The zero-order valence-electron chi connectivity index (χ0n) is 10.4. The van der Waals surface area contributed by atoms with E-state index in [1.165, 1.54) is 0 Å². The fourth-order valence-corrected chi connectivity index (χ4v) is 1.50. The first kappa shape index (κ1) is 13.9. The Labute approximate surface area is 101 Å². The Hall–Kier alpha value is -1.14. The maximum absolute atomic E-state index is 11.7. The van der Waals surface area contributed by atoms with E-state index >= 15 is 0 Å². The number of nitrogens with two attached hydrogens (primary N) is 1. The van der Waals surface area contributed by atoms with E-state index in [1.807, 2.05) is 13.8 Å². The summed E-state index contributed by atoms with van der Waals surface area (Å²) in [5.74, 6) is -0.283. The van der Waals surface area contributed by atoms with Crippen LogP contribution in [0.25, 0.3) is 0 Å². The highest BCUT2D eigenvalue weighted by Crippen LogP contribution is 2.14. The van der Waals surface area contributed by atoms with Crippen molar-refractivity contribution < 1.29 is 14.3 Å². The quantitative estimate of drug-likeness (QED) is 0.539. The SMILES string of the molecule is CC(C)C(=O)NCCNC(=O)C1(N)CCOC1. The van der Waals surface area contributed by atoms with Crippen molar-refractivity contribution in [2.45, 2.75) is 25.8 Å². The maximum atomic E-state index is 11.7. The molecule has 0 aliphatic carbocycles. The number of rotatable bonds is 5. The lowest BCUT2D eigenvalue weighted by Crippen LogP contribution is -2.55. The van der Waals surface area contributed by atoms with Crippen LogP contribution in [0, 0.1) is 5.92 Å². The van der Waals surface area contributed by atoms with E-state index in [1.54, 1.807) is 0 Å². The van der Waals surface area contributed by atoms with Gasteiger partial charge in [-0.25, -0.2) is 0 Å². The molecule has 98 valence electrons. The van der Waals surface area contributed by atoms with Crippen LogP contribution in [0.1, 0.15) is 20.3 Å². The van der Waals surface area contributed by atoms with E-state index < -0.39 is 5.54 Å². The molecule has 1 rings (SSSR count). The summed E-state index contributed by atoms with van der Waals surface area (Å²) < 4.78 is 5.10. The smallest absolute Gasteiger partial charge is 0.242 e. The zero-order chi connectivity index (χ0) is 12.9. The lowest BCUT2D eigenvalue weighted by atomic mass is 9.99. The minimum Gasteiger partial charge on any atom is -0.379 e. The van der Waals surface area contributed by atoms with Crippen molar-refractivity contribution >= 4 is 11.8 Å². The molecule has 1 aliphatic rings. The number of carbonyl (C=O) groups excluding carboxylic acids is 2. The van der Waals surface area contributed by atoms with Crippen LogP contribution in [-0.4, -0.2) is 43.7 Å².